The van der Waals surface area contributed by atoms with Gasteiger partial charge in [-0.3, -0.25) is 14.6 Å². The minimum atomic E-state index is -3.62. The number of carboxylic acid groups (broad SMARTS) is 1. The second-order valence-corrected chi connectivity index (χ2v) is 6.78. The monoisotopic (exact) mass is 301 g/mol. The van der Waals surface area contributed by atoms with E-state index in [0.29, 0.717) is 19.4 Å². The second-order valence-electron chi connectivity index (χ2n) is 4.80. The van der Waals surface area contributed by atoms with Crippen LogP contribution in [0.3, 0.4) is 0 Å². The summed E-state index contributed by atoms with van der Waals surface area (Å²) in [5.41, 5.74) is -0.741. The normalized spacial score (nSPS) is 19.9. The molecule has 1 atom stereocenters. The molecule has 1 aliphatic rings. The van der Waals surface area contributed by atoms with Crippen molar-refractivity contribution in [2.45, 2.75) is 17.7 Å². The number of aromatic nitrogens is 2. The van der Waals surface area contributed by atoms with Gasteiger partial charge in [-0.1, -0.05) is 0 Å². The lowest BCUT2D eigenvalue weighted by Crippen LogP contribution is -2.40. The summed E-state index contributed by atoms with van der Waals surface area (Å²) in [5, 5.41) is 9.01. The Labute approximate surface area is 115 Å². The maximum absolute atomic E-state index is 11.7. The van der Waals surface area contributed by atoms with Crippen LogP contribution in [0.25, 0.3) is 0 Å². The smallest absolute Gasteiger partial charge is 0.308 e. The minimum absolute atomic E-state index is 0.202. The van der Waals surface area contributed by atoms with Gasteiger partial charge in [0.25, 0.3) is 5.56 Å². The predicted octanol–water partition coefficient (Wildman–Crippen LogP) is -0.526. The maximum atomic E-state index is 11.7. The lowest BCUT2D eigenvalue weighted by molar-refractivity contribution is -0.141. The van der Waals surface area contributed by atoms with Crippen LogP contribution < -0.4 is 10.5 Å². The first kappa shape index (κ1) is 14.5. The molecule has 0 bridgehead atoms. The molecule has 0 aliphatic carbocycles. The number of nitrogens with one attached hydrogen (secondary N) is 1. The number of aromatic amines is 1. The number of anilines is 1. The molecule has 1 aromatic heterocycles. The van der Waals surface area contributed by atoms with Crippen molar-refractivity contribution < 1.29 is 18.3 Å². The molecule has 2 N–H and O–H groups in total. The van der Waals surface area contributed by atoms with E-state index in [-0.39, 0.29) is 12.5 Å². The highest BCUT2D eigenvalue weighted by atomic mass is 32.2. The van der Waals surface area contributed by atoms with Gasteiger partial charge in [0.2, 0.25) is 5.95 Å². The van der Waals surface area contributed by atoms with Gasteiger partial charge in [-0.05, 0) is 12.8 Å². The Morgan fingerprint density at radius 2 is 2.25 bits per heavy atom. The molecule has 8 nitrogen and oxygen atoms in total. The number of aliphatic carboxylic acids is 1. The Balaban J connectivity index is 2.28. The zero-order valence-corrected chi connectivity index (χ0v) is 11.7. The highest BCUT2D eigenvalue weighted by molar-refractivity contribution is 7.90. The van der Waals surface area contributed by atoms with Crippen molar-refractivity contribution in [1.29, 1.82) is 0 Å². The van der Waals surface area contributed by atoms with Crippen LogP contribution >= 0.6 is 0 Å². The van der Waals surface area contributed by atoms with Crippen molar-refractivity contribution in [1.82, 2.24) is 9.97 Å². The Morgan fingerprint density at radius 1 is 1.55 bits per heavy atom. The number of nitrogens with zero attached hydrogens (tertiary/aromatic N) is 2. The standard InChI is InChI=1S/C11H15N3O5S/c1-20(18,19)8-5-12-11(13-9(8)15)14-4-2-3-7(6-14)10(16)17/h5,7H,2-4,6H2,1H3,(H,16,17)(H,12,13,15)/t7-/m1/s1. The van der Waals surface area contributed by atoms with Gasteiger partial charge in [-0.25, -0.2) is 13.4 Å². The van der Waals surface area contributed by atoms with E-state index < -0.39 is 32.2 Å². The number of carboxylic acids is 1. The van der Waals surface area contributed by atoms with Crippen molar-refractivity contribution in [3.8, 4) is 0 Å². The highest BCUT2D eigenvalue weighted by Crippen LogP contribution is 2.19. The predicted molar refractivity (Wildman–Crippen MR) is 70.5 cm³/mol. The second kappa shape index (κ2) is 5.23. The summed E-state index contributed by atoms with van der Waals surface area (Å²) in [6.45, 7) is 0.821. The van der Waals surface area contributed by atoms with Crippen molar-refractivity contribution in [3.63, 3.8) is 0 Å². The lowest BCUT2D eigenvalue weighted by Gasteiger charge is -2.30. The number of H-pyrrole nitrogens is 1. The van der Waals surface area contributed by atoms with Gasteiger partial charge >= 0.3 is 5.97 Å². The molecule has 0 saturated carbocycles. The van der Waals surface area contributed by atoms with Gasteiger partial charge in [0.15, 0.2) is 9.84 Å². The van der Waals surface area contributed by atoms with Gasteiger partial charge in [-0.15, -0.1) is 0 Å². The molecular weight excluding hydrogens is 286 g/mol. The number of rotatable bonds is 3. The van der Waals surface area contributed by atoms with Crippen LogP contribution in [0.2, 0.25) is 0 Å². The Bertz CT molecular complexity index is 682. The molecule has 1 aromatic rings. The molecule has 20 heavy (non-hydrogen) atoms. The molecule has 9 heteroatoms. The summed E-state index contributed by atoms with van der Waals surface area (Å²) in [5.74, 6) is -1.19. The van der Waals surface area contributed by atoms with Crippen molar-refractivity contribution in [2.24, 2.45) is 5.92 Å². The lowest BCUT2D eigenvalue weighted by atomic mass is 9.99. The fourth-order valence-electron chi connectivity index (χ4n) is 2.17. The number of sulfone groups is 1. The van der Waals surface area contributed by atoms with Crippen LogP contribution in [0.4, 0.5) is 5.95 Å². The molecule has 2 rings (SSSR count). The quantitative estimate of drug-likeness (QED) is 0.770. The highest BCUT2D eigenvalue weighted by Gasteiger charge is 2.27. The Morgan fingerprint density at radius 3 is 2.80 bits per heavy atom. The number of piperidine rings is 1. The fourth-order valence-corrected chi connectivity index (χ4v) is 2.80. The number of hydrogen-bond donors (Lipinski definition) is 2. The number of hydrogen-bond acceptors (Lipinski definition) is 6. The van der Waals surface area contributed by atoms with Crippen LogP contribution in [0.15, 0.2) is 15.9 Å². The van der Waals surface area contributed by atoms with Gasteiger partial charge in [0.1, 0.15) is 4.90 Å². The summed E-state index contributed by atoms with van der Waals surface area (Å²) in [6, 6.07) is 0. The van der Waals surface area contributed by atoms with Crippen LogP contribution in [0.5, 0.6) is 0 Å². The Hall–Kier alpha value is -1.90. The molecule has 0 unspecified atom stereocenters. The van der Waals surface area contributed by atoms with Crippen LogP contribution in [0.1, 0.15) is 12.8 Å². The third-order valence-corrected chi connectivity index (χ3v) is 4.31. The summed E-state index contributed by atoms with van der Waals surface area (Å²) < 4.78 is 22.7. The summed E-state index contributed by atoms with van der Waals surface area (Å²) in [4.78, 5) is 30.3. The van der Waals surface area contributed by atoms with Crippen LogP contribution in [-0.2, 0) is 14.6 Å². The fraction of sp³-hybridized carbons (Fsp3) is 0.545. The van der Waals surface area contributed by atoms with Crippen LogP contribution in [0, 0.1) is 5.92 Å². The number of carbonyl (C=O) groups is 1. The molecule has 1 saturated heterocycles. The van der Waals surface area contributed by atoms with Gasteiger partial charge < -0.3 is 10.0 Å². The van der Waals surface area contributed by atoms with E-state index in [1.54, 1.807) is 4.90 Å². The van der Waals surface area contributed by atoms with Crippen LogP contribution in [-0.4, -0.2) is 48.8 Å². The van der Waals surface area contributed by atoms with Crippen molar-refractivity contribution >= 4 is 21.8 Å². The third-order valence-electron chi connectivity index (χ3n) is 3.22. The first-order chi connectivity index (χ1) is 9.29. The molecule has 1 aliphatic heterocycles. The summed E-state index contributed by atoms with van der Waals surface area (Å²) in [7, 11) is -3.62. The van der Waals surface area contributed by atoms with E-state index in [1.807, 2.05) is 0 Å². The molecule has 0 aromatic carbocycles. The topological polar surface area (TPSA) is 120 Å². The zero-order chi connectivity index (χ0) is 14.9. The third kappa shape index (κ3) is 2.98. The summed E-state index contributed by atoms with van der Waals surface area (Å²) >= 11 is 0. The van der Waals surface area contributed by atoms with E-state index >= 15 is 0 Å². The first-order valence-corrected chi connectivity index (χ1v) is 7.95. The minimum Gasteiger partial charge on any atom is -0.481 e. The zero-order valence-electron chi connectivity index (χ0n) is 10.9. The Kier molecular flexibility index (Phi) is 3.80. The molecule has 0 amide bonds. The van der Waals surface area contributed by atoms with Gasteiger partial charge in [-0.2, -0.15) is 0 Å². The molecule has 2 heterocycles. The maximum Gasteiger partial charge on any atom is 0.308 e. The van der Waals surface area contributed by atoms with Gasteiger partial charge in [0, 0.05) is 19.3 Å². The summed E-state index contributed by atoms with van der Waals surface area (Å²) in [6.07, 6.45) is 3.19. The molecule has 1 fully saturated rings. The van der Waals surface area contributed by atoms with E-state index in [4.69, 9.17) is 5.11 Å². The first-order valence-electron chi connectivity index (χ1n) is 6.06. The largest absolute Gasteiger partial charge is 0.481 e. The van der Waals surface area contributed by atoms with Crippen molar-refractivity contribution in [3.05, 3.63) is 16.6 Å². The average molecular weight is 301 g/mol. The van der Waals surface area contributed by atoms with Crippen molar-refractivity contribution in [2.75, 3.05) is 24.2 Å². The van der Waals surface area contributed by atoms with E-state index in [1.165, 1.54) is 0 Å². The molecule has 110 valence electrons. The molecular formula is C11H15N3O5S. The SMILES string of the molecule is CS(=O)(=O)c1cnc(N2CCC[C@@H](C(=O)O)C2)[nH]c1=O. The average Bonchev–Trinajstić information content (AvgIpc) is 2.37. The van der Waals surface area contributed by atoms with E-state index in [2.05, 4.69) is 9.97 Å². The molecule has 0 spiro atoms. The van der Waals surface area contributed by atoms with Gasteiger partial charge in [0.05, 0.1) is 12.1 Å². The van der Waals surface area contributed by atoms with E-state index in [0.717, 1.165) is 12.5 Å². The molecule has 0 radical (unpaired) electrons. The van der Waals surface area contributed by atoms with E-state index in [9.17, 15) is 18.0 Å².